The van der Waals surface area contributed by atoms with E-state index in [0.29, 0.717) is 5.75 Å². The molecule has 1 heterocycles. The average Bonchev–Trinajstić information content (AvgIpc) is 2.59. The predicted molar refractivity (Wildman–Crippen MR) is 90.1 cm³/mol. The molecule has 3 rings (SSSR count). The summed E-state index contributed by atoms with van der Waals surface area (Å²) in [6, 6.07) is 17.5. The third-order valence-corrected chi connectivity index (χ3v) is 4.35. The van der Waals surface area contributed by atoms with Crippen LogP contribution in [0.25, 0.3) is 10.8 Å². The largest absolute Gasteiger partial charge is 0.315 e. The zero-order valence-electron chi connectivity index (χ0n) is 12.1. The highest BCUT2D eigenvalue weighted by Crippen LogP contribution is 2.25. The number of thioether (sulfide) groups is 1. The quantitative estimate of drug-likeness (QED) is 0.693. The number of carbonyl (C=O) groups is 1. The van der Waals surface area contributed by atoms with E-state index in [1.165, 1.54) is 11.8 Å². The Balaban J connectivity index is 1.73. The van der Waals surface area contributed by atoms with Crippen molar-refractivity contribution in [3.8, 4) is 0 Å². The molecular weight excluding hydrogens is 294 g/mol. The number of hydrogen-bond donors (Lipinski definition) is 0. The van der Waals surface area contributed by atoms with Gasteiger partial charge >= 0.3 is 0 Å². The summed E-state index contributed by atoms with van der Waals surface area (Å²) in [5.74, 6) is 0.361. The molecule has 0 saturated heterocycles. The third-order valence-electron chi connectivity index (χ3n) is 3.39. The molecule has 0 bridgehead atoms. The number of anilines is 1. The third kappa shape index (κ3) is 3.09. The lowest BCUT2D eigenvalue weighted by Gasteiger charge is -2.16. The standard InChI is InChI=1S/C17H15N3OS/c1-20(14-8-3-2-4-9-14)16(21)12-22-17-15-10-6-5-7-13(15)11-18-19-17/h2-11H,12H2,1H3. The molecule has 0 fully saturated rings. The van der Waals surface area contributed by atoms with Crippen LogP contribution in [0.1, 0.15) is 0 Å². The van der Waals surface area contributed by atoms with E-state index in [2.05, 4.69) is 10.2 Å². The first-order valence-corrected chi connectivity index (χ1v) is 7.89. The monoisotopic (exact) mass is 309 g/mol. The number of amides is 1. The molecule has 0 aliphatic carbocycles. The maximum atomic E-state index is 12.3. The van der Waals surface area contributed by atoms with E-state index in [9.17, 15) is 4.79 Å². The summed E-state index contributed by atoms with van der Waals surface area (Å²) in [5, 5.41) is 11.0. The minimum absolute atomic E-state index is 0.0333. The van der Waals surface area contributed by atoms with Gasteiger partial charge in [-0.25, -0.2) is 0 Å². The number of para-hydroxylation sites is 1. The molecule has 5 heteroatoms. The van der Waals surface area contributed by atoms with Crippen molar-refractivity contribution >= 4 is 34.1 Å². The van der Waals surface area contributed by atoms with E-state index in [0.717, 1.165) is 21.5 Å². The van der Waals surface area contributed by atoms with Crippen molar-refractivity contribution < 1.29 is 4.79 Å². The summed E-state index contributed by atoms with van der Waals surface area (Å²) < 4.78 is 0. The Morgan fingerprint density at radius 2 is 1.82 bits per heavy atom. The van der Waals surface area contributed by atoms with Gasteiger partial charge in [0.15, 0.2) is 0 Å². The molecule has 0 aliphatic heterocycles. The Kier molecular flexibility index (Phi) is 4.34. The van der Waals surface area contributed by atoms with E-state index < -0.39 is 0 Å². The molecule has 4 nitrogen and oxygen atoms in total. The fourth-order valence-electron chi connectivity index (χ4n) is 2.13. The zero-order chi connectivity index (χ0) is 15.4. The van der Waals surface area contributed by atoms with Crippen LogP contribution in [0.5, 0.6) is 0 Å². The lowest BCUT2D eigenvalue weighted by atomic mass is 10.2. The SMILES string of the molecule is CN(C(=O)CSc1nncc2ccccc12)c1ccccc1. The first-order chi connectivity index (χ1) is 10.8. The Hall–Kier alpha value is -2.40. The number of hydrogen-bond acceptors (Lipinski definition) is 4. The van der Waals surface area contributed by atoms with Gasteiger partial charge in [0.1, 0.15) is 5.03 Å². The number of nitrogens with zero attached hydrogens (tertiary/aromatic N) is 3. The van der Waals surface area contributed by atoms with E-state index in [4.69, 9.17) is 0 Å². The van der Waals surface area contributed by atoms with Crippen molar-refractivity contribution in [3.05, 3.63) is 60.8 Å². The van der Waals surface area contributed by atoms with Crippen LogP contribution in [0.3, 0.4) is 0 Å². The molecule has 0 spiro atoms. The summed E-state index contributed by atoms with van der Waals surface area (Å²) in [5.41, 5.74) is 0.886. The summed E-state index contributed by atoms with van der Waals surface area (Å²) in [6.07, 6.45) is 1.73. The fraction of sp³-hybridized carbons (Fsp3) is 0.118. The summed E-state index contributed by atoms with van der Waals surface area (Å²) in [4.78, 5) is 14.0. The highest BCUT2D eigenvalue weighted by molar-refractivity contribution is 8.00. The van der Waals surface area contributed by atoms with Gasteiger partial charge in [0.25, 0.3) is 0 Å². The van der Waals surface area contributed by atoms with Crippen LogP contribution in [0.4, 0.5) is 5.69 Å². The smallest absolute Gasteiger partial charge is 0.237 e. The normalized spacial score (nSPS) is 10.6. The molecule has 0 saturated carbocycles. The molecule has 1 amide bonds. The first-order valence-electron chi connectivity index (χ1n) is 6.90. The van der Waals surface area contributed by atoms with E-state index in [1.807, 2.05) is 54.6 Å². The Bertz CT molecular complexity index is 787. The molecule has 0 radical (unpaired) electrons. The molecule has 0 N–H and O–H groups in total. The molecule has 2 aromatic carbocycles. The zero-order valence-corrected chi connectivity index (χ0v) is 13.0. The van der Waals surface area contributed by atoms with Gasteiger partial charge < -0.3 is 4.90 Å². The van der Waals surface area contributed by atoms with Crippen LogP contribution >= 0.6 is 11.8 Å². The van der Waals surface area contributed by atoms with Crippen molar-refractivity contribution in [1.29, 1.82) is 0 Å². The minimum atomic E-state index is 0.0333. The summed E-state index contributed by atoms with van der Waals surface area (Å²) in [7, 11) is 1.78. The van der Waals surface area contributed by atoms with E-state index in [-0.39, 0.29) is 5.91 Å². The highest BCUT2D eigenvalue weighted by atomic mass is 32.2. The van der Waals surface area contributed by atoms with Gasteiger partial charge in [-0.3, -0.25) is 4.79 Å². The van der Waals surface area contributed by atoms with Crippen LogP contribution in [0.15, 0.2) is 65.8 Å². The number of benzene rings is 2. The summed E-state index contributed by atoms with van der Waals surface area (Å²) in [6.45, 7) is 0. The number of rotatable bonds is 4. The predicted octanol–water partition coefficient (Wildman–Crippen LogP) is 3.38. The topological polar surface area (TPSA) is 46.1 Å². The second-order valence-corrected chi connectivity index (χ2v) is 5.78. The van der Waals surface area contributed by atoms with Crippen LogP contribution in [0.2, 0.25) is 0 Å². The second-order valence-electron chi connectivity index (χ2n) is 4.81. The molecule has 110 valence electrons. The van der Waals surface area contributed by atoms with E-state index >= 15 is 0 Å². The maximum Gasteiger partial charge on any atom is 0.237 e. The lowest BCUT2D eigenvalue weighted by molar-refractivity contribution is -0.115. The number of carbonyl (C=O) groups excluding carboxylic acids is 1. The van der Waals surface area contributed by atoms with Crippen LogP contribution in [-0.4, -0.2) is 28.9 Å². The van der Waals surface area contributed by atoms with Gasteiger partial charge in [0.05, 0.1) is 11.9 Å². The van der Waals surface area contributed by atoms with Gasteiger partial charge in [0, 0.05) is 23.5 Å². The first kappa shape index (κ1) is 14.5. The van der Waals surface area contributed by atoms with Gasteiger partial charge in [-0.1, -0.05) is 54.2 Å². The summed E-state index contributed by atoms with van der Waals surface area (Å²) >= 11 is 1.42. The Labute approximate surface area is 133 Å². The van der Waals surface area contributed by atoms with Gasteiger partial charge in [-0.2, -0.15) is 5.10 Å². The molecule has 0 unspecified atom stereocenters. The van der Waals surface area contributed by atoms with Crippen LogP contribution in [-0.2, 0) is 4.79 Å². The molecule has 0 aliphatic rings. The fourth-order valence-corrected chi connectivity index (χ4v) is 3.03. The second kappa shape index (κ2) is 6.58. The van der Waals surface area contributed by atoms with Crippen molar-refractivity contribution in [3.63, 3.8) is 0 Å². The number of aromatic nitrogens is 2. The van der Waals surface area contributed by atoms with Crippen molar-refractivity contribution in [1.82, 2.24) is 10.2 Å². The highest BCUT2D eigenvalue weighted by Gasteiger charge is 2.12. The molecule has 1 aromatic heterocycles. The molecule has 22 heavy (non-hydrogen) atoms. The van der Waals surface area contributed by atoms with Gasteiger partial charge in [-0.15, -0.1) is 5.10 Å². The Morgan fingerprint density at radius 3 is 2.64 bits per heavy atom. The minimum Gasteiger partial charge on any atom is -0.315 e. The van der Waals surface area contributed by atoms with Crippen LogP contribution < -0.4 is 4.90 Å². The van der Waals surface area contributed by atoms with E-state index in [1.54, 1.807) is 18.1 Å². The van der Waals surface area contributed by atoms with Gasteiger partial charge in [-0.05, 0) is 12.1 Å². The van der Waals surface area contributed by atoms with Crippen molar-refractivity contribution in [2.24, 2.45) is 0 Å². The molecule has 0 atom stereocenters. The Morgan fingerprint density at radius 1 is 1.09 bits per heavy atom. The average molecular weight is 309 g/mol. The number of fused-ring (bicyclic) bond motifs is 1. The molecular formula is C17H15N3OS. The maximum absolute atomic E-state index is 12.3. The van der Waals surface area contributed by atoms with Crippen LogP contribution in [0, 0.1) is 0 Å². The molecule has 3 aromatic rings. The van der Waals surface area contributed by atoms with Crippen molar-refractivity contribution in [2.75, 3.05) is 17.7 Å². The van der Waals surface area contributed by atoms with Crippen molar-refractivity contribution in [2.45, 2.75) is 5.03 Å². The lowest BCUT2D eigenvalue weighted by Crippen LogP contribution is -2.27. The van der Waals surface area contributed by atoms with Gasteiger partial charge in [0.2, 0.25) is 5.91 Å².